The first-order chi connectivity index (χ1) is 7.38. The van der Waals surface area contributed by atoms with Crippen LogP contribution in [0.5, 0.6) is 0 Å². The SMILES string of the molecule is CCCNC1CCC(Cc2ccsc2)C1. The second-order valence-corrected chi connectivity index (χ2v) is 5.45. The highest BCUT2D eigenvalue weighted by atomic mass is 32.1. The van der Waals surface area contributed by atoms with Gasteiger partial charge in [-0.3, -0.25) is 0 Å². The third-order valence-electron chi connectivity index (χ3n) is 3.33. The zero-order chi connectivity index (χ0) is 10.5. The van der Waals surface area contributed by atoms with E-state index in [1.54, 1.807) is 5.56 Å². The number of rotatable bonds is 5. The molecule has 2 unspecified atom stereocenters. The summed E-state index contributed by atoms with van der Waals surface area (Å²) < 4.78 is 0. The van der Waals surface area contributed by atoms with Crippen molar-refractivity contribution in [2.75, 3.05) is 6.54 Å². The average molecular weight is 223 g/mol. The molecule has 2 rings (SSSR count). The fourth-order valence-corrected chi connectivity index (χ4v) is 3.22. The lowest BCUT2D eigenvalue weighted by atomic mass is 10.00. The molecule has 1 fully saturated rings. The van der Waals surface area contributed by atoms with Crippen LogP contribution in [0, 0.1) is 5.92 Å². The van der Waals surface area contributed by atoms with Crippen LogP contribution in [0.2, 0.25) is 0 Å². The molecule has 0 amide bonds. The molecule has 15 heavy (non-hydrogen) atoms. The summed E-state index contributed by atoms with van der Waals surface area (Å²) in [5, 5.41) is 8.13. The van der Waals surface area contributed by atoms with E-state index in [0.717, 1.165) is 12.0 Å². The van der Waals surface area contributed by atoms with E-state index in [0.29, 0.717) is 0 Å². The Balaban J connectivity index is 1.73. The van der Waals surface area contributed by atoms with Crippen molar-refractivity contribution in [1.82, 2.24) is 5.32 Å². The fourth-order valence-electron chi connectivity index (χ4n) is 2.54. The molecule has 1 aromatic rings. The van der Waals surface area contributed by atoms with Gasteiger partial charge < -0.3 is 5.32 Å². The van der Waals surface area contributed by atoms with Gasteiger partial charge in [-0.05, 0) is 67.0 Å². The molecule has 84 valence electrons. The molecule has 1 saturated carbocycles. The van der Waals surface area contributed by atoms with Gasteiger partial charge in [0, 0.05) is 6.04 Å². The zero-order valence-electron chi connectivity index (χ0n) is 9.54. The summed E-state index contributed by atoms with van der Waals surface area (Å²) in [6.07, 6.45) is 6.74. The maximum Gasteiger partial charge on any atom is 0.00699 e. The second-order valence-electron chi connectivity index (χ2n) is 4.67. The summed E-state index contributed by atoms with van der Waals surface area (Å²) in [6, 6.07) is 3.07. The van der Waals surface area contributed by atoms with E-state index in [2.05, 4.69) is 29.1 Å². The van der Waals surface area contributed by atoms with E-state index >= 15 is 0 Å². The normalized spacial score (nSPS) is 25.9. The standard InChI is InChI=1S/C13H21NS/c1-2-6-14-13-4-3-11(9-13)8-12-5-7-15-10-12/h5,7,10-11,13-14H,2-4,6,8-9H2,1H3. The molecule has 0 radical (unpaired) electrons. The molecule has 0 saturated heterocycles. The van der Waals surface area contributed by atoms with Gasteiger partial charge in [-0.15, -0.1) is 0 Å². The van der Waals surface area contributed by atoms with Gasteiger partial charge in [0.1, 0.15) is 0 Å². The Kier molecular flexibility index (Phi) is 4.21. The quantitative estimate of drug-likeness (QED) is 0.806. The first-order valence-electron chi connectivity index (χ1n) is 6.13. The molecule has 1 aliphatic rings. The number of thiophene rings is 1. The third-order valence-corrected chi connectivity index (χ3v) is 4.06. The Hall–Kier alpha value is -0.340. The van der Waals surface area contributed by atoms with Crippen LogP contribution in [0.15, 0.2) is 16.8 Å². The topological polar surface area (TPSA) is 12.0 Å². The first-order valence-corrected chi connectivity index (χ1v) is 7.07. The Morgan fingerprint density at radius 3 is 3.13 bits per heavy atom. The summed E-state index contributed by atoms with van der Waals surface area (Å²) in [7, 11) is 0. The van der Waals surface area contributed by atoms with Crippen LogP contribution in [0.3, 0.4) is 0 Å². The smallest absolute Gasteiger partial charge is 0.00699 e. The van der Waals surface area contributed by atoms with Crippen molar-refractivity contribution in [1.29, 1.82) is 0 Å². The number of hydrogen-bond acceptors (Lipinski definition) is 2. The van der Waals surface area contributed by atoms with Crippen molar-refractivity contribution < 1.29 is 0 Å². The summed E-state index contributed by atoms with van der Waals surface area (Å²) in [5.74, 6) is 0.925. The molecular formula is C13H21NS. The van der Waals surface area contributed by atoms with Crippen LogP contribution < -0.4 is 5.32 Å². The summed E-state index contributed by atoms with van der Waals surface area (Å²) in [5.41, 5.74) is 1.54. The van der Waals surface area contributed by atoms with Crippen molar-refractivity contribution in [3.05, 3.63) is 22.4 Å². The molecule has 0 bridgehead atoms. The van der Waals surface area contributed by atoms with Crippen LogP contribution in [-0.2, 0) is 6.42 Å². The van der Waals surface area contributed by atoms with Crippen molar-refractivity contribution in [3.63, 3.8) is 0 Å². The van der Waals surface area contributed by atoms with Gasteiger partial charge in [-0.1, -0.05) is 6.92 Å². The van der Waals surface area contributed by atoms with Crippen molar-refractivity contribution in [3.8, 4) is 0 Å². The van der Waals surface area contributed by atoms with Gasteiger partial charge >= 0.3 is 0 Å². The molecule has 1 aliphatic carbocycles. The minimum absolute atomic E-state index is 0.800. The lowest BCUT2D eigenvalue weighted by Gasteiger charge is -2.12. The van der Waals surface area contributed by atoms with E-state index < -0.39 is 0 Å². The first kappa shape index (κ1) is 11.2. The Bertz CT molecular complexity index is 268. The Labute approximate surface area is 96.9 Å². The van der Waals surface area contributed by atoms with E-state index in [-0.39, 0.29) is 0 Å². The highest BCUT2D eigenvalue weighted by Crippen LogP contribution is 2.29. The molecule has 1 nitrogen and oxygen atoms in total. The van der Waals surface area contributed by atoms with E-state index in [1.807, 2.05) is 11.3 Å². The molecule has 1 heterocycles. The fraction of sp³-hybridized carbons (Fsp3) is 0.692. The van der Waals surface area contributed by atoms with Crippen LogP contribution in [0.25, 0.3) is 0 Å². The van der Waals surface area contributed by atoms with Gasteiger partial charge in [0.05, 0.1) is 0 Å². The van der Waals surface area contributed by atoms with Crippen LogP contribution >= 0.6 is 11.3 Å². The molecule has 2 heteroatoms. The molecular weight excluding hydrogens is 202 g/mol. The molecule has 0 aliphatic heterocycles. The van der Waals surface area contributed by atoms with Gasteiger partial charge in [0.25, 0.3) is 0 Å². The minimum Gasteiger partial charge on any atom is -0.314 e. The number of nitrogens with one attached hydrogen (secondary N) is 1. The van der Waals surface area contributed by atoms with E-state index in [1.165, 1.54) is 38.6 Å². The Morgan fingerprint density at radius 2 is 2.40 bits per heavy atom. The van der Waals surface area contributed by atoms with Crippen LogP contribution in [0.4, 0.5) is 0 Å². The lowest BCUT2D eigenvalue weighted by molar-refractivity contribution is 0.484. The second kappa shape index (κ2) is 5.66. The van der Waals surface area contributed by atoms with Crippen LogP contribution in [-0.4, -0.2) is 12.6 Å². The Morgan fingerprint density at radius 1 is 1.47 bits per heavy atom. The van der Waals surface area contributed by atoms with Crippen molar-refractivity contribution in [2.24, 2.45) is 5.92 Å². The summed E-state index contributed by atoms with van der Waals surface area (Å²) in [6.45, 7) is 3.43. The summed E-state index contributed by atoms with van der Waals surface area (Å²) >= 11 is 1.82. The highest BCUT2D eigenvalue weighted by molar-refractivity contribution is 7.07. The molecule has 1 N–H and O–H groups in total. The monoisotopic (exact) mass is 223 g/mol. The predicted molar refractivity (Wildman–Crippen MR) is 67.4 cm³/mol. The van der Waals surface area contributed by atoms with Gasteiger partial charge in [-0.25, -0.2) is 0 Å². The minimum atomic E-state index is 0.800. The zero-order valence-corrected chi connectivity index (χ0v) is 10.4. The van der Waals surface area contributed by atoms with E-state index in [4.69, 9.17) is 0 Å². The molecule has 1 aromatic heterocycles. The number of hydrogen-bond donors (Lipinski definition) is 1. The average Bonchev–Trinajstić information content (AvgIpc) is 2.87. The van der Waals surface area contributed by atoms with Gasteiger partial charge in [0.2, 0.25) is 0 Å². The lowest BCUT2D eigenvalue weighted by Crippen LogP contribution is -2.27. The predicted octanol–water partition coefficient (Wildman–Crippen LogP) is 3.46. The van der Waals surface area contributed by atoms with Crippen molar-refractivity contribution in [2.45, 2.75) is 45.1 Å². The van der Waals surface area contributed by atoms with Crippen LogP contribution in [0.1, 0.15) is 38.2 Å². The molecule has 0 spiro atoms. The highest BCUT2D eigenvalue weighted by Gasteiger charge is 2.23. The maximum absolute atomic E-state index is 3.64. The largest absolute Gasteiger partial charge is 0.314 e. The van der Waals surface area contributed by atoms with Crippen molar-refractivity contribution >= 4 is 11.3 Å². The van der Waals surface area contributed by atoms with Gasteiger partial charge in [0.15, 0.2) is 0 Å². The summed E-state index contributed by atoms with van der Waals surface area (Å²) in [4.78, 5) is 0. The third kappa shape index (κ3) is 3.32. The van der Waals surface area contributed by atoms with E-state index in [9.17, 15) is 0 Å². The maximum atomic E-state index is 3.64. The molecule has 2 atom stereocenters. The van der Waals surface area contributed by atoms with Gasteiger partial charge in [-0.2, -0.15) is 11.3 Å². The molecule has 0 aromatic carbocycles.